The topological polar surface area (TPSA) is 86.4 Å². The predicted molar refractivity (Wildman–Crippen MR) is 132 cm³/mol. The fourth-order valence-electron chi connectivity index (χ4n) is 4.15. The lowest BCUT2D eigenvalue weighted by Crippen LogP contribution is -2.27. The first-order valence-corrected chi connectivity index (χ1v) is 11.2. The fraction of sp³-hybridized carbons (Fsp3) is 0.192. The van der Waals surface area contributed by atoms with Crippen molar-refractivity contribution in [3.05, 3.63) is 82.9 Å². The van der Waals surface area contributed by atoms with Gasteiger partial charge in [0.15, 0.2) is 5.76 Å². The van der Waals surface area contributed by atoms with Crippen LogP contribution in [0.25, 0.3) is 10.9 Å². The van der Waals surface area contributed by atoms with E-state index >= 15 is 0 Å². The number of hydrogen-bond donors (Lipinski definition) is 0. The number of halogens is 1. The maximum atomic E-state index is 13.4. The minimum Gasteiger partial charge on any atom is -0.497 e. The van der Waals surface area contributed by atoms with Gasteiger partial charge in [-0.05, 0) is 42.5 Å². The summed E-state index contributed by atoms with van der Waals surface area (Å²) in [5, 5.41) is 7.25. The van der Waals surface area contributed by atoms with Crippen molar-refractivity contribution in [1.82, 2.24) is 9.99 Å². The molecule has 0 unspecified atom stereocenters. The molecule has 0 radical (unpaired) electrons. The number of carbonyl (C=O) groups excluding carboxylic acids is 1. The van der Waals surface area contributed by atoms with Crippen molar-refractivity contribution in [2.45, 2.75) is 12.5 Å². The van der Waals surface area contributed by atoms with Crippen molar-refractivity contribution >= 4 is 34.1 Å². The van der Waals surface area contributed by atoms with Gasteiger partial charge in [-0.1, -0.05) is 11.6 Å². The Morgan fingerprint density at radius 2 is 1.80 bits per heavy atom. The molecule has 0 aliphatic carbocycles. The van der Waals surface area contributed by atoms with E-state index in [1.807, 2.05) is 36.4 Å². The molecule has 0 N–H and O–H groups in total. The predicted octanol–water partition coefficient (Wildman–Crippen LogP) is 5.50. The third kappa shape index (κ3) is 4.17. The maximum Gasteiger partial charge on any atom is 0.310 e. The monoisotopic (exact) mass is 491 g/mol. The summed E-state index contributed by atoms with van der Waals surface area (Å²) in [5.41, 5.74) is 2.79. The molecule has 0 saturated carbocycles. The largest absolute Gasteiger partial charge is 0.497 e. The van der Waals surface area contributed by atoms with E-state index in [1.54, 1.807) is 39.5 Å². The molecule has 35 heavy (non-hydrogen) atoms. The summed E-state index contributed by atoms with van der Waals surface area (Å²) < 4.78 is 21.6. The molecule has 2 aromatic heterocycles. The number of aromatic nitrogens is 1. The van der Waals surface area contributed by atoms with Gasteiger partial charge in [-0.3, -0.25) is 4.79 Å². The van der Waals surface area contributed by atoms with Gasteiger partial charge in [-0.15, -0.1) is 0 Å². The molecule has 3 heterocycles. The van der Waals surface area contributed by atoms with Gasteiger partial charge in [-0.2, -0.15) is 5.10 Å². The van der Waals surface area contributed by atoms with Gasteiger partial charge in [0.2, 0.25) is 0 Å². The van der Waals surface area contributed by atoms with Crippen LogP contribution in [0, 0.1) is 0 Å². The zero-order valence-electron chi connectivity index (χ0n) is 19.3. The highest BCUT2D eigenvalue weighted by Crippen LogP contribution is 2.40. The lowest BCUT2D eigenvalue weighted by molar-refractivity contribution is 0.0678. The average Bonchev–Trinajstić information content (AvgIpc) is 3.58. The van der Waals surface area contributed by atoms with Crippen LogP contribution in [0.1, 0.15) is 34.1 Å². The van der Waals surface area contributed by atoms with Crippen LogP contribution < -0.4 is 14.2 Å². The molecule has 1 amide bonds. The van der Waals surface area contributed by atoms with Crippen LogP contribution in [0.4, 0.5) is 0 Å². The van der Waals surface area contributed by atoms with Crippen LogP contribution in [0.5, 0.6) is 17.2 Å². The summed E-state index contributed by atoms with van der Waals surface area (Å²) in [6, 6.07) is 15.7. The summed E-state index contributed by atoms with van der Waals surface area (Å²) in [4.78, 5) is 17.9. The summed E-state index contributed by atoms with van der Waals surface area (Å²) in [6.07, 6.45) is 1.85. The Morgan fingerprint density at radius 1 is 1.03 bits per heavy atom. The first-order chi connectivity index (χ1) is 17.0. The number of carbonyl (C=O) groups is 1. The molecule has 4 aromatic rings. The average molecular weight is 492 g/mol. The van der Waals surface area contributed by atoms with Gasteiger partial charge in [0.25, 0.3) is 0 Å². The van der Waals surface area contributed by atoms with Crippen molar-refractivity contribution < 1.29 is 23.4 Å². The number of methoxy groups -OCH3 is 3. The SMILES string of the molecule is COc1ccc(C2=NN(C(=O)c3ccco3)[C@H](c3cc4ccc(OC)cc4nc3Cl)C2)c(OC)c1. The molecule has 1 aliphatic heterocycles. The molecule has 1 aliphatic rings. The normalized spacial score (nSPS) is 15.3. The van der Waals surface area contributed by atoms with E-state index in [1.165, 1.54) is 11.3 Å². The number of pyridine rings is 1. The molecule has 0 spiro atoms. The first kappa shape index (κ1) is 22.7. The number of ether oxygens (including phenoxy) is 3. The summed E-state index contributed by atoms with van der Waals surface area (Å²) in [5.74, 6) is 1.72. The van der Waals surface area contributed by atoms with Gasteiger partial charge in [0, 0.05) is 35.1 Å². The van der Waals surface area contributed by atoms with E-state index < -0.39 is 6.04 Å². The lowest BCUT2D eigenvalue weighted by atomic mass is 9.97. The molecule has 0 fully saturated rings. The van der Waals surface area contributed by atoms with Crippen LogP contribution in [-0.2, 0) is 0 Å². The molecule has 9 heteroatoms. The first-order valence-electron chi connectivity index (χ1n) is 10.8. The second-order valence-corrected chi connectivity index (χ2v) is 8.24. The highest BCUT2D eigenvalue weighted by molar-refractivity contribution is 6.30. The Bertz CT molecular complexity index is 1430. The zero-order valence-corrected chi connectivity index (χ0v) is 20.1. The molecular weight excluding hydrogens is 470 g/mol. The number of hydrazone groups is 1. The number of rotatable bonds is 6. The molecule has 5 rings (SSSR count). The molecule has 2 aromatic carbocycles. The van der Waals surface area contributed by atoms with Crippen molar-refractivity contribution in [3.8, 4) is 17.2 Å². The van der Waals surface area contributed by atoms with Gasteiger partial charge in [0.05, 0.1) is 44.9 Å². The van der Waals surface area contributed by atoms with Crippen molar-refractivity contribution in [2.24, 2.45) is 5.10 Å². The molecular formula is C26H22ClN3O5. The van der Waals surface area contributed by atoms with Crippen molar-refractivity contribution in [1.29, 1.82) is 0 Å². The van der Waals surface area contributed by atoms with Gasteiger partial charge < -0.3 is 18.6 Å². The number of fused-ring (bicyclic) bond motifs is 1. The Morgan fingerprint density at radius 3 is 2.51 bits per heavy atom. The van der Waals surface area contributed by atoms with Gasteiger partial charge >= 0.3 is 5.91 Å². The third-order valence-electron chi connectivity index (χ3n) is 5.93. The van der Waals surface area contributed by atoms with E-state index in [2.05, 4.69) is 4.98 Å². The minimum atomic E-state index is -0.499. The van der Waals surface area contributed by atoms with E-state index in [9.17, 15) is 4.79 Å². The van der Waals surface area contributed by atoms with Crippen LogP contribution in [0.15, 0.2) is 70.4 Å². The standard InChI is InChI=1S/C26H22ClN3O5/c1-32-16-7-6-15-11-19(25(27)28-20(15)12-16)22-14-21(18-9-8-17(33-2)13-24(18)34-3)29-30(22)26(31)23-5-4-10-35-23/h4-13,22H,14H2,1-3H3/t22-/m0/s1. The van der Waals surface area contributed by atoms with Crippen molar-refractivity contribution in [3.63, 3.8) is 0 Å². The van der Waals surface area contributed by atoms with E-state index in [0.29, 0.717) is 40.5 Å². The highest BCUT2D eigenvalue weighted by Gasteiger charge is 2.37. The molecule has 0 bridgehead atoms. The smallest absolute Gasteiger partial charge is 0.310 e. The van der Waals surface area contributed by atoms with Gasteiger partial charge in [-0.25, -0.2) is 9.99 Å². The summed E-state index contributed by atoms with van der Waals surface area (Å²) >= 11 is 6.66. The molecule has 1 atom stereocenters. The van der Waals surface area contributed by atoms with E-state index in [-0.39, 0.29) is 16.8 Å². The highest BCUT2D eigenvalue weighted by atomic mass is 35.5. The summed E-state index contributed by atoms with van der Waals surface area (Å²) in [7, 11) is 4.77. The Hall–Kier alpha value is -4.04. The third-order valence-corrected chi connectivity index (χ3v) is 6.24. The van der Waals surface area contributed by atoms with Crippen LogP contribution >= 0.6 is 11.6 Å². The maximum absolute atomic E-state index is 13.4. The fourth-order valence-corrected chi connectivity index (χ4v) is 4.42. The Labute approximate surface area is 206 Å². The summed E-state index contributed by atoms with van der Waals surface area (Å²) in [6.45, 7) is 0. The number of nitrogens with zero attached hydrogens (tertiary/aromatic N) is 3. The second-order valence-electron chi connectivity index (χ2n) is 7.89. The Kier molecular flexibility index (Phi) is 6.05. The number of furan rings is 1. The van der Waals surface area contributed by atoms with Gasteiger partial charge in [0.1, 0.15) is 22.4 Å². The number of benzene rings is 2. The molecule has 178 valence electrons. The van der Waals surface area contributed by atoms with Crippen LogP contribution in [0.2, 0.25) is 5.15 Å². The van der Waals surface area contributed by atoms with Crippen LogP contribution in [0.3, 0.4) is 0 Å². The minimum absolute atomic E-state index is 0.177. The second kappa shape index (κ2) is 9.31. The quantitative estimate of drug-likeness (QED) is 0.331. The van der Waals surface area contributed by atoms with Crippen molar-refractivity contribution in [2.75, 3.05) is 21.3 Å². The molecule has 8 nitrogen and oxygen atoms in total. The van der Waals surface area contributed by atoms with E-state index in [4.69, 9.17) is 35.3 Å². The number of amides is 1. The van der Waals surface area contributed by atoms with E-state index in [0.717, 1.165) is 10.9 Å². The lowest BCUT2D eigenvalue weighted by Gasteiger charge is -2.22. The molecule has 0 saturated heterocycles. The number of hydrogen-bond acceptors (Lipinski definition) is 7. The zero-order chi connectivity index (χ0) is 24.5. The Balaban J connectivity index is 1.60. The van der Waals surface area contributed by atoms with Crippen LogP contribution in [-0.4, -0.2) is 42.9 Å².